The minimum absolute atomic E-state index is 0.174. The number of aliphatic carboxylic acids is 1. The van der Waals surface area contributed by atoms with E-state index in [0.29, 0.717) is 12.8 Å². The maximum Gasteiger partial charge on any atom is 0.364 e. The Kier molecular flexibility index (Phi) is 44.7. The summed E-state index contributed by atoms with van der Waals surface area (Å²) < 4.78 is 58.8. The molecule has 0 bridgehead atoms. The Balaban J connectivity index is 1.25. The van der Waals surface area contributed by atoms with E-state index in [-0.39, 0.29) is 12.3 Å². The summed E-state index contributed by atoms with van der Waals surface area (Å²) in [6.07, 6.45) is -15.4. The van der Waals surface area contributed by atoms with Crippen molar-refractivity contribution in [2.75, 3.05) is 46.2 Å². The number of nitrogens with one attached hydrogen (secondary N) is 3. The van der Waals surface area contributed by atoms with E-state index in [4.69, 9.17) is 47.4 Å². The Labute approximate surface area is 632 Å². The molecule has 35 heteroatoms. The number of ether oxygens (including phenoxy) is 10. The van der Waals surface area contributed by atoms with Gasteiger partial charge in [0.1, 0.15) is 123 Å². The predicted molar refractivity (Wildman–Crippen MR) is 380 cm³/mol. The molecule has 0 aromatic heterocycles. The molecule has 0 radical (unpaired) electrons. The van der Waals surface area contributed by atoms with Gasteiger partial charge in [-0.2, -0.15) is 0 Å². The molecule has 35 nitrogen and oxygen atoms in total. The zero-order valence-electron chi connectivity index (χ0n) is 63.0. The highest BCUT2D eigenvalue weighted by Crippen LogP contribution is 2.40. The lowest BCUT2D eigenvalue weighted by Gasteiger charge is -2.51. The first kappa shape index (κ1) is 95.1. The average Bonchev–Trinajstić information content (AvgIpc) is 0.755. The van der Waals surface area contributed by atoms with Crippen LogP contribution in [-0.4, -0.2) is 333 Å². The first-order valence-corrected chi connectivity index (χ1v) is 39.3. The number of carbonyl (C=O) groups is 4. The van der Waals surface area contributed by atoms with E-state index >= 15 is 0 Å². The van der Waals surface area contributed by atoms with Crippen LogP contribution in [0.25, 0.3) is 0 Å². The fourth-order valence-corrected chi connectivity index (χ4v) is 14.3. The maximum absolute atomic E-state index is 13.5. The Morgan fingerprint density at radius 2 is 0.926 bits per heavy atom. The van der Waals surface area contributed by atoms with Crippen molar-refractivity contribution >= 4 is 23.7 Å². The molecule has 630 valence electrons. The summed E-state index contributed by atoms with van der Waals surface area (Å²) >= 11 is 0. The second kappa shape index (κ2) is 50.7. The van der Waals surface area contributed by atoms with Gasteiger partial charge in [0, 0.05) is 19.8 Å². The van der Waals surface area contributed by atoms with Crippen molar-refractivity contribution in [1.29, 1.82) is 0 Å². The van der Waals surface area contributed by atoms with E-state index in [9.17, 15) is 111 Å². The summed E-state index contributed by atoms with van der Waals surface area (Å²) in [7, 11) is 0. The molecule has 0 aliphatic carbocycles. The van der Waals surface area contributed by atoms with Gasteiger partial charge in [0.15, 0.2) is 25.2 Å². The molecule has 10 unspecified atom stereocenters. The summed E-state index contributed by atoms with van der Waals surface area (Å²) in [5, 5.41) is 205. The molecule has 108 heavy (non-hydrogen) atoms. The van der Waals surface area contributed by atoms with Gasteiger partial charge in [-0.05, 0) is 19.3 Å². The molecule has 5 aliphatic heterocycles. The van der Waals surface area contributed by atoms with Gasteiger partial charge in [-0.15, -0.1) is 0 Å². The Hall–Kier alpha value is -3.46. The van der Waals surface area contributed by atoms with Crippen LogP contribution in [0, 0.1) is 0 Å². The molecule has 0 aromatic rings. The molecule has 21 N–H and O–H groups in total. The summed E-state index contributed by atoms with van der Waals surface area (Å²) in [5.74, 6) is -7.83. The lowest BCUT2D eigenvalue weighted by atomic mass is 9.88. The number of allylic oxidation sites excluding steroid dienone is 1. The van der Waals surface area contributed by atoms with Crippen LogP contribution in [0.15, 0.2) is 12.2 Å². The van der Waals surface area contributed by atoms with E-state index < -0.39 is 242 Å². The molecule has 0 spiro atoms. The van der Waals surface area contributed by atoms with Crippen molar-refractivity contribution in [2.24, 2.45) is 0 Å². The van der Waals surface area contributed by atoms with Crippen LogP contribution in [0.3, 0.4) is 0 Å². The monoisotopic (exact) mass is 1560 g/mol. The highest BCUT2D eigenvalue weighted by Gasteiger charge is 2.61. The number of carboxylic acids is 1. The Morgan fingerprint density at radius 1 is 0.491 bits per heavy atom. The summed E-state index contributed by atoms with van der Waals surface area (Å²) in [6.45, 7) is -1.66. The quantitative estimate of drug-likeness (QED) is 0.0230. The number of amides is 3. The van der Waals surface area contributed by atoms with Crippen molar-refractivity contribution < 1.29 is 158 Å². The van der Waals surface area contributed by atoms with E-state index in [0.717, 1.165) is 58.3 Å². The van der Waals surface area contributed by atoms with Crippen LogP contribution >= 0.6 is 0 Å². The van der Waals surface area contributed by atoms with Crippen LogP contribution in [0.2, 0.25) is 0 Å². The van der Waals surface area contributed by atoms with Crippen LogP contribution in [-0.2, 0) is 66.5 Å². The second-order valence-corrected chi connectivity index (χ2v) is 29.3. The zero-order chi connectivity index (χ0) is 79.5. The van der Waals surface area contributed by atoms with Gasteiger partial charge in [0.25, 0.3) is 5.79 Å². The van der Waals surface area contributed by atoms with E-state index in [1.807, 2.05) is 6.08 Å². The van der Waals surface area contributed by atoms with Gasteiger partial charge in [-0.1, -0.05) is 180 Å². The molecule has 5 saturated heterocycles. The maximum atomic E-state index is 13.5. The van der Waals surface area contributed by atoms with Crippen LogP contribution in [0.1, 0.15) is 207 Å². The van der Waals surface area contributed by atoms with Gasteiger partial charge in [-0.25, -0.2) is 4.79 Å². The third kappa shape index (κ3) is 29.1. The lowest BCUT2D eigenvalue weighted by Crippen LogP contribution is -2.71. The predicted octanol–water partition coefficient (Wildman–Crippen LogP) is -2.07. The van der Waals surface area contributed by atoms with Crippen LogP contribution in [0.4, 0.5) is 0 Å². The average molecular weight is 1560 g/mol. The van der Waals surface area contributed by atoms with E-state index in [1.165, 1.54) is 109 Å². The van der Waals surface area contributed by atoms with Gasteiger partial charge in [0.05, 0.1) is 63.9 Å². The highest BCUT2D eigenvalue weighted by atomic mass is 16.8. The third-order valence-corrected chi connectivity index (χ3v) is 20.7. The van der Waals surface area contributed by atoms with Gasteiger partial charge < -0.3 is 155 Å². The molecule has 5 rings (SSSR count). The molecular formula is C73H131N3O32. The van der Waals surface area contributed by atoms with Crippen molar-refractivity contribution in [3.63, 3.8) is 0 Å². The number of carbonyl (C=O) groups excluding carboxylic acids is 3. The lowest BCUT2D eigenvalue weighted by molar-refractivity contribution is -0.389. The van der Waals surface area contributed by atoms with Crippen molar-refractivity contribution in [3.8, 4) is 0 Å². The number of carboxylic acid groups (broad SMARTS) is 1. The standard InChI is InChI=1S/C73H131N3O32/c1-4-6-8-10-12-14-16-18-19-21-23-25-27-29-31-33-51(87)75-43(44(84)32-30-28-26-24-22-20-17-15-13-11-9-7-5-2)41-99-69-60(94)58(92)64(49(38-80)102-69)105-70-61(95)59(93)63(50(39-81)103-70)104-68-54(74-42(3)83)65(56(90)47(36-78)100-68)106-71-62(96)67(57(91)48(37-79)101-71)108-73(72(97)98)34-45(85)53(76-52(88)40-82)66(107-73)55(89)46(86)35-77/h30,32,43-50,53-71,77-82,84-86,89-96H,4-29,31,33-41H2,1-3H3,(H,74,83)(H,75,87)(H,76,88)(H,97,98)/b32-30+/t43-,44+,45?,46+,47?,48?,49?,50?,53+,54?,55+,56-,57-,58+,59+,60?,61?,62?,63-,64+,65+,66?,67-,68-,69+,70-,71-,73-/m0/s1. The number of aliphatic hydroxyl groups is 17. The summed E-state index contributed by atoms with van der Waals surface area (Å²) in [4.78, 5) is 52.0. The molecule has 5 aliphatic rings. The minimum atomic E-state index is -3.27. The molecule has 0 saturated carbocycles. The number of hydrogen-bond acceptors (Lipinski definition) is 31. The summed E-state index contributed by atoms with van der Waals surface area (Å²) in [5.41, 5.74) is 0. The van der Waals surface area contributed by atoms with Crippen LogP contribution in [0.5, 0.6) is 0 Å². The molecule has 0 aromatic carbocycles. The van der Waals surface area contributed by atoms with Gasteiger partial charge >= 0.3 is 5.97 Å². The number of hydrogen-bond donors (Lipinski definition) is 21. The first-order valence-electron chi connectivity index (χ1n) is 39.3. The fourth-order valence-electron chi connectivity index (χ4n) is 14.3. The first-order chi connectivity index (χ1) is 51.8. The minimum Gasteiger partial charge on any atom is -0.477 e. The number of rotatable bonds is 53. The summed E-state index contributed by atoms with van der Waals surface area (Å²) in [6, 6.07) is -4.77. The van der Waals surface area contributed by atoms with Crippen molar-refractivity contribution in [3.05, 3.63) is 12.2 Å². The molecule has 5 heterocycles. The van der Waals surface area contributed by atoms with Crippen molar-refractivity contribution in [2.45, 2.75) is 378 Å². The zero-order valence-corrected chi connectivity index (χ0v) is 63.0. The Bertz CT molecular complexity index is 2520. The molecular weight excluding hydrogens is 1430 g/mol. The van der Waals surface area contributed by atoms with Gasteiger partial charge in [0.2, 0.25) is 17.7 Å². The van der Waals surface area contributed by atoms with Crippen LogP contribution < -0.4 is 16.0 Å². The van der Waals surface area contributed by atoms with E-state index in [1.54, 1.807) is 6.08 Å². The third-order valence-electron chi connectivity index (χ3n) is 20.7. The molecule has 3 amide bonds. The number of aliphatic hydroxyl groups excluding tert-OH is 17. The smallest absolute Gasteiger partial charge is 0.364 e. The largest absolute Gasteiger partial charge is 0.477 e. The van der Waals surface area contributed by atoms with Crippen molar-refractivity contribution in [1.82, 2.24) is 16.0 Å². The SMILES string of the molecule is CCCCCCCCCCCCC/C=C/[C@@H](O)[C@H](CO[C@@H]1OC(CO)[C@@H](O[C@@H]2OC(CO)[C@H](O[C@@H]3OC(CO)[C@H](O)[C@H](O[C@@H]4OC(CO)[C@H](O)[C@H](O[C@]5(C(=O)O)CC(O)[C@@H](NC(=O)CO)C([C@H](O)[C@H](O)CO)O5)C4O)C3NC(C)=O)[C@H](O)C2O)[C@H](O)C1O)NC(=O)CCCCCCCCCCCCCCCCC. The van der Waals surface area contributed by atoms with E-state index in [2.05, 4.69) is 29.8 Å². The topological polar surface area (TPSA) is 561 Å². The van der Waals surface area contributed by atoms with Gasteiger partial charge in [-0.3, -0.25) is 14.4 Å². The highest BCUT2D eigenvalue weighted by molar-refractivity contribution is 5.78. The molecule has 28 atom stereocenters. The Morgan fingerprint density at radius 3 is 1.41 bits per heavy atom. The number of unbranched alkanes of at least 4 members (excludes halogenated alkanes) is 25. The second-order valence-electron chi connectivity index (χ2n) is 29.3. The molecule has 5 fully saturated rings. The fraction of sp³-hybridized carbons (Fsp3) is 0.918. The normalized spacial score (nSPS) is 34.4.